The van der Waals surface area contributed by atoms with E-state index in [-0.39, 0.29) is 11.9 Å². The lowest BCUT2D eigenvalue weighted by Crippen LogP contribution is -2.45. The third-order valence-electron chi connectivity index (χ3n) is 3.88. The topological polar surface area (TPSA) is 64.8 Å². The number of benzene rings is 1. The van der Waals surface area contributed by atoms with Crippen molar-refractivity contribution in [1.82, 2.24) is 0 Å². The summed E-state index contributed by atoms with van der Waals surface area (Å²) in [6.45, 7) is 2.06. The van der Waals surface area contributed by atoms with Gasteiger partial charge in [0.25, 0.3) is 5.91 Å². The molecule has 2 unspecified atom stereocenters. The minimum atomic E-state index is -0.494. The molecular weight excluding hydrogens is 256 g/mol. The molecule has 2 N–H and O–H groups in total. The van der Waals surface area contributed by atoms with E-state index in [2.05, 4.69) is 0 Å². The molecule has 108 valence electrons. The first-order valence-corrected chi connectivity index (χ1v) is 7.12. The number of carbonyl (C=O) groups excluding carboxylic acids is 1. The van der Waals surface area contributed by atoms with Crippen molar-refractivity contribution in [3.8, 4) is 0 Å². The zero-order valence-corrected chi connectivity index (χ0v) is 11.5. The average Bonchev–Trinajstić information content (AvgIpc) is 2.67. The fraction of sp³-hybridized carbons (Fsp3) is 0.533. The number of hydrogen-bond donors (Lipinski definition) is 1. The maximum absolute atomic E-state index is 12.7. The Bertz CT molecular complexity index is 486. The smallest absolute Gasteiger partial charge is 0.258 e. The summed E-state index contributed by atoms with van der Waals surface area (Å²) in [5.41, 5.74) is 8.14. The van der Waals surface area contributed by atoms with Gasteiger partial charge in [-0.1, -0.05) is 18.2 Å². The molecule has 20 heavy (non-hydrogen) atoms. The van der Waals surface area contributed by atoms with Gasteiger partial charge in [0.1, 0.15) is 0 Å². The summed E-state index contributed by atoms with van der Waals surface area (Å²) in [5, 5.41) is 0. The summed E-state index contributed by atoms with van der Waals surface area (Å²) < 4.78 is 10.9. The molecule has 1 fully saturated rings. The van der Waals surface area contributed by atoms with Gasteiger partial charge in [-0.05, 0) is 24.5 Å². The van der Waals surface area contributed by atoms with Gasteiger partial charge >= 0.3 is 0 Å². The van der Waals surface area contributed by atoms with Crippen LogP contribution in [0.3, 0.4) is 0 Å². The predicted molar refractivity (Wildman–Crippen MR) is 75.5 cm³/mol. The molecule has 1 amide bonds. The molecule has 1 aromatic rings. The van der Waals surface area contributed by atoms with Gasteiger partial charge in [0, 0.05) is 18.3 Å². The van der Waals surface area contributed by atoms with E-state index >= 15 is 0 Å². The van der Waals surface area contributed by atoms with Crippen molar-refractivity contribution in [3.63, 3.8) is 0 Å². The third kappa shape index (κ3) is 2.57. The van der Waals surface area contributed by atoms with Crippen molar-refractivity contribution >= 4 is 11.6 Å². The van der Waals surface area contributed by atoms with Gasteiger partial charge in [0.15, 0.2) is 6.10 Å². The Kier molecular flexibility index (Phi) is 4.00. The lowest BCUT2D eigenvalue weighted by molar-refractivity contribution is -0.144. The maximum Gasteiger partial charge on any atom is 0.258 e. The molecule has 5 heteroatoms. The van der Waals surface area contributed by atoms with Gasteiger partial charge in [-0.15, -0.1) is 0 Å². The maximum atomic E-state index is 12.7. The van der Waals surface area contributed by atoms with Crippen molar-refractivity contribution in [1.29, 1.82) is 0 Å². The average molecular weight is 276 g/mol. The fourth-order valence-corrected chi connectivity index (χ4v) is 2.83. The number of fused-ring (bicyclic) bond motifs is 1. The minimum absolute atomic E-state index is 0.00692. The van der Waals surface area contributed by atoms with Crippen molar-refractivity contribution in [2.75, 3.05) is 31.3 Å². The molecule has 2 heterocycles. The normalized spacial score (nSPS) is 26.8. The number of ether oxygens (including phenoxy) is 2. The van der Waals surface area contributed by atoms with E-state index in [4.69, 9.17) is 15.2 Å². The lowest BCUT2D eigenvalue weighted by atomic mass is 10.0. The van der Waals surface area contributed by atoms with Crippen LogP contribution < -0.4 is 10.6 Å². The summed E-state index contributed by atoms with van der Waals surface area (Å²) in [4.78, 5) is 14.5. The van der Waals surface area contributed by atoms with Crippen LogP contribution in [0.5, 0.6) is 0 Å². The van der Waals surface area contributed by atoms with E-state index in [9.17, 15) is 4.79 Å². The van der Waals surface area contributed by atoms with Gasteiger partial charge in [-0.25, -0.2) is 0 Å². The van der Waals surface area contributed by atoms with Crippen LogP contribution >= 0.6 is 0 Å². The van der Waals surface area contributed by atoms with E-state index in [0.29, 0.717) is 26.4 Å². The Balaban J connectivity index is 1.88. The number of anilines is 1. The van der Waals surface area contributed by atoms with Crippen molar-refractivity contribution in [3.05, 3.63) is 29.8 Å². The standard InChI is InChI=1S/C15H20N2O3/c16-12-5-3-7-17(13-6-2-1-4-11(12)13)15(18)14-10-19-8-9-20-14/h1-2,4,6,12,14H,3,5,7-10,16H2. The molecule has 2 atom stereocenters. The molecule has 1 aromatic carbocycles. The second-order valence-electron chi connectivity index (χ2n) is 5.23. The first kappa shape index (κ1) is 13.5. The first-order valence-electron chi connectivity index (χ1n) is 7.12. The van der Waals surface area contributed by atoms with Crippen molar-refractivity contribution in [2.45, 2.75) is 25.0 Å². The number of nitrogens with two attached hydrogens (primary N) is 1. The molecule has 0 spiro atoms. The Labute approximate surface area is 118 Å². The van der Waals surface area contributed by atoms with E-state index in [1.54, 1.807) is 0 Å². The molecular formula is C15H20N2O3. The number of nitrogens with zero attached hydrogens (tertiary/aromatic N) is 1. The van der Waals surface area contributed by atoms with Crippen LogP contribution in [0, 0.1) is 0 Å². The highest BCUT2D eigenvalue weighted by Gasteiger charge is 2.31. The lowest BCUT2D eigenvalue weighted by Gasteiger charge is -2.29. The van der Waals surface area contributed by atoms with Gasteiger partial charge in [0.2, 0.25) is 0 Å². The summed E-state index contributed by atoms with van der Waals surface area (Å²) in [6.07, 6.45) is 1.30. The van der Waals surface area contributed by atoms with E-state index in [0.717, 1.165) is 24.1 Å². The molecule has 5 nitrogen and oxygen atoms in total. The summed E-state index contributed by atoms with van der Waals surface area (Å²) in [7, 11) is 0. The van der Waals surface area contributed by atoms with Crippen LogP contribution in [0.4, 0.5) is 5.69 Å². The van der Waals surface area contributed by atoms with Crippen LogP contribution in [-0.4, -0.2) is 38.4 Å². The van der Waals surface area contributed by atoms with Crippen LogP contribution in [0.15, 0.2) is 24.3 Å². The number of carbonyl (C=O) groups is 1. The summed E-state index contributed by atoms with van der Waals surface area (Å²) >= 11 is 0. The van der Waals surface area contributed by atoms with Gasteiger partial charge in [-0.2, -0.15) is 0 Å². The Hall–Kier alpha value is -1.43. The van der Waals surface area contributed by atoms with Crippen molar-refractivity contribution in [2.24, 2.45) is 5.73 Å². The molecule has 0 aromatic heterocycles. The van der Waals surface area contributed by atoms with Crippen LogP contribution in [0.1, 0.15) is 24.4 Å². The SMILES string of the molecule is NC1CCCN(C(=O)C2COCCO2)c2ccccc21. The van der Waals surface area contributed by atoms with Gasteiger partial charge in [0.05, 0.1) is 19.8 Å². The fourth-order valence-electron chi connectivity index (χ4n) is 2.83. The molecule has 3 rings (SSSR count). The van der Waals surface area contributed by atoms with Crippen LogP contribution in [0.2, 0.25) is 0 Å². The molecule has 0 bridgehead atoms. The van der Waals surface area contributed by atoms with Crippen LogP contribution in [-0.2, 0) is 14.3 Å². The van der Waals surface area contributed by atoms with Crippen LogP contribution in [0.25, 0.3) is 0 Å². The monoisotopic (exact) mass is 276 g/mol. The molecule has 1 saturated heterocycles. The summed E-state index contributed by atoms with van der Waals surface area (Å²) in [5.74, 6) is -0.0220. The predicted octanol–water partition coefficient (Wildman–Crippen LogP) is 1.23. The van der Waals surface area contributed by atoms with Gasteiger partial charge < -0.3 is 20.1 Å². The number of amides is 1. The molecule has 0 aliphatic carbocycles. The molecule has 2 aliphatic rings. The van der Waals surface area contributed by atoms with E-state index in [1.165, 1.54) is 0 Å². The minimum Gasteiger partial charge on any atom is -0.376 e. The van der Waals surface area contributed by atoms with Crippen molar-refractivity contribution < 1.29 is 14.3 Å². The molecule has 0 radical (unpaired) electrons. The third-order valence-corrected chi connectivity index (χ3v) is 3.88. The second-order valence-corrected chi connectivity index (χ2v) is 5.23. The zero-order valence-electron chi connectivity index (χ0n) is 11.5. The molecule has 2 aliphatic heterocycles. The quantitative estimate of drug-likeness (QED) is 0.838. The largest absolute Gasteiger partial charge is 0.376 e. The number of para-hydroxylation sites is 1. The first-order chi connectivity index (χ1) is 9.77. The highest BCUT2D eigenvalue weighted by atomic mass is 16.6. The molecule has 0 saturated carbocycles. The Morgan fingerprint density at radius 2 is 2.15 bits per heavy atom. The summed E-state index contributed by atoms with van der Waals surface area (Å²) in [6, 6.07) is 7.86. The van der Waals surface area contributed by atoms with E-state index < -0.39 is 6.10 Å². The highest BCUT2D eigenvalue weighted by molar-refractivity contribution is 5.97. The van der Waals surface area contributed by atoms with E-state index in [1.807, 2.05) is 29.2 Å². The zero-order chi connectivity index (χ0) is 13.9. The highest BCUT2D eigenvalue weighted by Crippen LogP contribution is 2.32. The second kappa shape index (κ2) is 5.91. The Morgan fingerprint density at radius 1 is 1.30 bits per heavy atom. The Morgan fingerprint density at radius 3 is 2.95 bits per heavy atom. The number of rotatable bonds is 1. The number of hydrogen-bond acceptors (Lipinski definition) is 4. The van der Waals surface area contributed by atoms with Gasteiger partial charge in [-0.3, -0.25) is 4.79 Å².